The fourth-order valence-electron chi connectivity index (χ4n) is 4.38. The number of aromatic amines is 1. The highest BCUT2D eigenvalue weighted by Crippen LogP contribution is 2.13. The number of nitrogens with two attached hydrogens (primary N) is 1. The predicted octanol–water partition coefficient (Wildman–Crippen LogP) is -0.679. The second kappa shape index (κ2) is 14.8. The van der Waals surface area contributed by atoms with Crippen molar-refractivity contribution < 1.29 is 29.4 Å². The average Bonchev–Trinajstić information content (AvgIpc) is 3.63. The van der Waals surface area contributed by atoms with Gasteiger partial charge in [-0.3, -0.25) is 14.4 Å². The number of carbonyl (C=O) groups excluding carboxylic acids is 3. The number of phenols is 1. The standard InChI is InChI=1S/C26H37N7O6/c27-10-2-1-4-20(26(38)39)31-24(36)21(12-16-6-8-18(34)9-7-16)32-25(37)22(13-17-14-28-15-30-17)33-23(35)19-5-3-11-29-19/h6-9,14-15,19-22,29,34H,1-5,10-13,27H2,(H,28,30)(H,31,36)(H,32,37)(H,33,35)(H,38,39). The number of amides is 3. The molecule has 2 heterocycles. The number of hydrogen-bond acceptors (Lipinski definition) is 8. The molecule has 212 valence electrons. The number of benzene rings is 1. The summed E-state index contributed by atoms with van der Waals surface area (Å²) in [4.78, 5) is 58.2. The van der Waals surface area contributed by atoms with Crippen LogP contribution in [0.4, 0.5) is 0 Å². The van der Waals surface area contributed by atoms with E-state index in [4.69, 9.17) is 5.73 Å². The molecule has 4 unspecified atom stereocenters. The Bertz CT molecular complexity index is 1090. The molecule has 0 aliphatic carbocycles. The van der Waals surface area contributed by atoms with E-state index in [-0.39, 0.29) is 30.9 Å². The fraction of sp³-hybridized carbons (Fsp3) is 0.500. The minimum absolute atomic E-state index is 0.0297. The fourth-order valence-corrected chi connectivity index (χ4v) is 4.38. The van der Waals surface area contributed by atoms with Gasteiger partial charge in [0.05, 0.1) is 12.4 Å². The molecular weight excluding hydrogens is 506 g/mol. The molecule has 3 rings (SSSR count). The molecule has 0 saturated carbocycles. The monoisotopic (exact) mass is 543 g/mol. The number of aromatic nitrogens is 2. The maximum Gasteiger partial charge on any atom is 0.326 e. The summed E-state index contributed by atoms with van der Waals surface area (Å²) in [6, 6.07) is 2.38. The second-order valence-electron chi connectivity index (χ2n) is 9.61. The maximum atomic E-state index is 13.5. The van der Waals surface area contributed by atoms with Crippen molar-refractivity contribution >= 4 is 23.7 Å². The highest BCUT2D eigenvalue weighted by atomic mass is 16.4. The van der Waals surface area contributed by atoms with Crippen molar-refractivity contribution in [3.05, 3.63) is 48.0 Å². The SMILES string of the molecule is NCCCCC(NC(=O)C(Cc1ccc(O)cc1)NC(=O)C(Cc1cnc[nH]1)NC(=O)C1CCCN1)C(=O)O. The van der Waals surface area contributed by atoms with Gasteiger partial charge >= 0.3 is 5.97 Å². The van der Waals surface area contributed by atoms with Gasteiger partial charge in [-0.15, -0.1) is 0 Å². The van der Waals surface area contributed by atoms with Crippen LogP contribution < -0.4 is 27.0 Å². The van der Waals surface area contributed by atoms with Crippen LogP contribution in [0, 0.1) is 0 Å². The summed E-state index contributed by atoms with van der Waals surface area (Å²) in [5.74, 6) is -2.76. The summed E-state index contributed by atoms with van der Waals surface area (Å²) < 4.78 is 0. The van der Waals surface area contributed by atoms with E-state index in [2.05, 4.69) is 31.2 Å². The van der Waals surface area contributed by atoms with E-state index >= 15 is 0 Å². The minimum atomic E-state index is -1.19. The molecule has 1 saturated heterocycles. The summed E-state index contributed by atoms with van der Waals surface area (Å²) >= 11 is 0. The third kappa shape index (κ3) is 9.37. The van der Waals surface area contributed by atoms with Gasteiger partial charge in [0.15, 0.2) is 0 Å². The summed E-state index contributed by atoms with van der Waals surface area (Å²) in [5, 5.41) is 30.3. The number of carboxylic acid groups (broad SMARTS) is 1. The summed E-state index contributed by atoms with van der Waals surface area (Å²) in [6.45, 7) is 1.11. The van der Waals surface area contributed by atoms with Crippen LogP contribution in [0.2, 0.25) is 0 Å². The minimum Gasteiger partial charge on any atom is -0.508 e. The zero-order valence-corrected chi connectivity index (χ0v) is 21.7. The Labute approximate surface area is 226 Å². The molecule has 1 aliphatic heterocycles. The zero-order chi connectivity index (χ0) is 28.2. The van der Waals surface area contributed by atoms with Crippen LogP contribution in [0.5, 0.6) is 5.75 Å². The lowest BCUT2D eigenvalue weighted by Gasteiger charge is -2.25. The topological polar surface area (TPSA) is 212 Å². The molecule has 13 nitrogen and oxygen atoms in total. The van der Waals surface area contributed by atoms with Crippen molar-refractivity contribution in [2.75, 3.05) is 13.1 Å². The zero-order valence-electron chi connectivity index (χ0n) is 21.7. The molecule has 1 aliphatic rings. The lowest BCUT2D eigenvalue weighted by Crippen LogP contribution is -2.58. The number of phenolic OH excluding ortho intramolecular Hbond substituents is 1. The van der Waals surface area contributed by atoms with Gasteiger partial charge < -0.3 is 42.2 Å². The van der Waals surface area contributed by atoms with E-state index in [0.29, 0.717) is 43.6 Å². The van der Waals surface area contributed by atoms with Gasteiger partial charge in [0, 0.05) is 24.7 Å². The first-order chi connectivity index (χ1) is 18.8. The van der Waals surface area contributed by atoms with E-state index < -0.39 is 42.0 Å². The van der Waals surface area contributed by atoms with Crippen molar-refractivity contribution in [2.45, 2.75) is 69.1 Å². The number of nitrogens with one attached hydrogen (secondary N) is 5. The Balaban J connectivity index is 1.78. The van der Waals surface area contributed by atoms with Crippen molar-refractivity contribution in [2.24, 2.45) is 5.73 Å². The van der Waals surface area contributed by atoms with Gasteiger partial charge in [-0.25, -0.2) is 9.78 Å². The predicted molar refractivity (Wildman–Crippen MR) is 141 cm³/mol. The van der Waals surface area contributed by atoms with Crippen LogP contribution in [-0.2, 0) is 32.0 Å². The summed E-state index contributed by atoms with van der Waals surface area (Å²) in [6.07, 6.45) is 5.94. The first-order valence-corrected chi connectivity index (χ1v) is 13.1. The molecule has 4 atom stereocenters. The van der Waals surface area contributed by atoms with Crippen molar-refractivity contribution in [3.8, 4) is 5.75 Å². The van der Waals surface area contributed by atoms with Gasteiger partial charge in [0.1, 0.15) is 23.9 Å². The van der Waals surface area contributed by atoms with Gasteiger partial charge in [0.25, 0.3) is 0 Å². The van der Waals surface area contributed by atoms with Crippen LogP contribution >= 0.6 is 0 Å². The second-order valence-corrected chi connectivity index (χ2v) is 9.61. The first kappa shape index (κ1) is 29.6. The molecular formula is C26H37N7O6. The number of unbranched alkanes of at least 4 members (excludes halogenated alkanes) is 1. The lowest BCUT2D eigenvalue weighted by molar-refractivity contribution is -0.142. The molecule has 0 spiro atoms. The third-order valence-electron chi connectivity index (χ3n) is 6.56. The highest BCUT2D eigenvalue weighted by Gasteiger charge is 2.32. The normalized spacial score (nSPS) is 17.1. The smallest absolute Gasteiger partial charge is 0.326 e. The van der Waals surface area contributed by atoms with Crippen molar-refractivity contribution in [3.63, 3.8) is 0 Å². The third-order valence-corrected chi connectivity index (χ3v) is 6.56. The quantitative estimate of drug-likeness (QED) is 0.134. The van der Waals surface area contributed by atoms with Crippen LogP contribution in [0.3, 0.4) is 0 Å². The molecule has 1 aromatic carbocycles. The number of imidazole rings is 1. The Morgan fingerprint density at radius 1 is 1.00 bits per heavy atom. The Kier molecular flexibility index (Phi) is 11.3. The largest absolute Gasteiger partial charge is 0.508 e. The van der Waals surface area contributed by atoms with Crippen LogP contribution in [-0.4, -0.2) is 81.1 Å². The van der Waals surface area contributed by atoms with Gasteiger partial charge in [-0.1, -0.05) is 12.1 Å². The molecule has 2 aromatic rings. The Morgan fingerprint density at radius 2 is 1.69 bits per heavy atom. The van der Waals surface area contributed by atoms with Crippen LogP contribution in [0.15, 0.2) is 36.8 Å². The number of nitrogens with zero attached hydrogens (tertiary/aromatic N) is 1. The van der Waals surface area contributed by atoms with Gasteiger partial charge in [-0.05, 0) is 62.9 Å². The molecule has 1 aromatic heterocycles. The molecule has 0 bridgehead atoms. The lowest BCUT2D eigenvalue weighted by atomic mass is 10.0. The molecule has 39 heavy (non-hydrogen) atoms. The average molecular weight is 544 g/mol. The number of rotatable bonds is 15. The number of aliphatic carboxylic acids is 1. The van der Waals surface area contributed by atoms with Crippen molar-refractivity contribution in [1.29, 1.82) is 0 Å². The van der Waals surface area contributed by atoms with Crippen LogP contribution in [0.1, 0.15) is 43.4 Å². The number of carboxylic acids is 1. The van der Waals surface area contributed by atoms with E-state index in [1.54, 1.807) is 18.3 Å². The Hall–Kier alpha value is -3.97. The molecule has 3 amide bonds. The number of hydrogen-bond donors (Lipinski definition) is 8. The molecule has 0 radical (unpaired) electrons. The van der Waals surface area contributed by atoms with E-state index in [1.165, 1.54) is 18.5 Å². The summed E-state index contributed by atoms with van der Waals surface area (Å²) in [7, 11) is 0. The van der Waals surface area contributed by atoms with E-state index in [1.807, 2.05) is 0 Å². The van der Waals surface area contributed by atoms with Crippen molar-refractivity contribution in [1.82, 2.24) is 31.2 Å². The van der Waals surface area contributed by atoms with Gasteiger partial charge in [0.2, 0.25) is 17.7 Å². The number of aromatic hydroxyl groups is 1. The number of H-pyrrole nitrogens is 1. The molecule has 13 heteroatoms. The first-order valence-electron chi connectivity index (χ1n) is 13.1. The summed E-state index contributed by atoms with van der Waals surface area (Å²) in [5.41, 5.74) is 6.75. The molecule has 1 fully saturated rings. The van der Waals surface area contributed by atoms with E-state index in [0.717, 1.165) is 6.42 Å². The highest BCUT2D eigenvalue weighted by molar-refractivity contribution is 5.94. The van der Waals surface area contributed by atoms with Gasteiger partial charge in [-0.2, -0.15) is 0 Å². The van der Waals surface area contributed by atoms with E-state index in [9.17, 15) is 29.4 Å². The number of carbonyl (C=O) groups is 4. The maximum absolute atomic E-state index is 13.5. The van der Waals surface area contributed by atoms with Crippen LogP contribution in [0.25, 0.3) is 0 Å². The molecule has 9 N–H and O–H groups in total. The Morgan fingerprint density at radius 3 is 2.28 bits per heavy atom.